The molecule has 0 radical (unpaired) electrons. The summed E-state index contributed by atoms with van der Waals surface area (Å²) < 4.78 is 63.7. The predicted molar refractivity (Wildman–Crippen MR) is 146 cm³/mol. The van der Waals surface area contributed by atoms with Gasteiger partial charge in [-0.25, -0.2) is 9.18 Å². The lowest BCUT2D eigenvalue weighted by atomic mass is 9.99. The Labute approximate surface area is 237 Å². The fraction of sp³-hybridized carbons (Fsp3) is 0.241. The van der Waals surface area contributed by atoms with Gasteiger partial charge in [-0.1, -0.05) is 12.1 Å². The summed E-state index contributed by atoms with van der Waals surface area (Å²) in [6, 6.07) is 12.5. The van der Waals surface area contributed by atoms with Crippen LogP contribution in [0.2, 0.25) is 0 Å². The van der Waals surface area contributed by atoms with Crippen molar-refractivity contribution in [1.29, 1.82) is 0 Å². The molecule has 0 aliphatic rings. The lowest BCUT2D eigenvalue weighted by Crippen LogP contribution is -2.50. The first-order valence-corrected chi connectivity index (χ1v) is 12.5. The minimum atomic E-state index is -4.59. The fourth-order valence-electron chi connectivity index (χ4n) is 4.21. The van der Waals surface area contributed by atoms with Crippen molar-refractivity contribution >= 4 is 34.7 Å². The van der Waals surface area contributed by atoms with Crippen LogP contribution in [-0.4, -0.2) is 55.2 Å². The molecule has 2 aromatic carbocycles. The van der Waals surface area contributed by atoms with Gasteiger partial charge in [0, 0.05) is 23.7 Å². The number of alkyl halides is 3. The number of nitrogens with zero attached hydrogens (tertiary/aromatic N) is 1. The van der Waals surface area contributed by atoms with Crippen LogP contribution < -0.4 is 16.0 Å². The molecule has 3 N–H and O–H groups in total. The van der Waals surface area contributed by atoms with E-state index >= 15 is 0 Å². The average Bonchev–Trinajstić information content (AvgIpc) is 3.32. The van der Waals surface area contributed by atoms with Gasteiger partial charge in [0.2, 0.25) is 5.71 Å². The summed E-state index contributed by atoms with van der Waals surface area (Å²) >= 11 is 0. The van der Waals surface area contributed by atoms with E-state index in [1.165, 1.54) is 76.5 Å². The van der Waals surface area contributed by atoms with E-state index < -0.39 is 41.9 Å². The van der Waals surface area contributed by atoms with Crippen LogP contribution in [-0.2, 0) is 9.53 Å². The molecule has 13 heteroatoms. The number of fused-ring (bicyclic) bond motifs is 1. The number of furan rings is 1. The van der Waals surface area contributed by atoms with Crippen molar-refractivity contribution in [1.82, 2.24) is 15.6 Å². The molecule has 2 aromatic heterocycles. The first-order valence-electron chi connectivity index (χ1n) is 12.5. The molecule has 9 nitrogen and oxygen atoms in total. The number of esters is 1. The van der Waals surface area contributed by atoms with Gasteiger partial charge in [-0.15, -0.1) is 0 Å². The molecule has 0 saturated carbocycles. The van der Waals surface area contributed by atoms with Gasteiger partial charge in [-0.3, -0.25) is 9.59 Å². The number of anilines is 1. The highest BCUT2D eigenvalue weighted by Crippen LogP contribution is 2.38. The number of benzene rings is 2. The summed E-state index contributed by atoms with van der Waals surface area (Å²) in [6.07, 6.45) is -4.59. The van der Waals surface area contributed by atoms with E-state index in [4.69, 9.17) is 9.15 Å². The molecule has 4 aromatic rings. The third-order valence-corrected chi connectivity index (χ3v) is 6.26. The number of nitrogens with one attached hydrogen (secondary N) is 3. The smallest absolute Gasteiger partial charge is 0.405 e. The van der Waals surface area contributed by atoms with Crippen molar-refractivity contribution in [2.24, 2.45) is 0 Å². The maximum atomic E-state index is 13.6. The minimum absolute atomic E-state index is 0.0314. The van der Waals surface area contributed by atoms with E-state index in [1.807, 2.05) is 0 Å². The molecule has 0 saturated heterocycles. The van der Waals surface area contributed by atoms with Crippen LogP contribution in [0.3, 0.4) is 0 Å². The summed E-state index contributed by atoms with van der Waals surface area (Å²) in [5.41, 5.74) is -0.630. The zero-order valence-corrected chi connectivity index (χ0v) is 22.9. The number of carbonyl (C=O) groups excluding carboxylic acids is 3. The molecule has 42 heavy (non-hydrogen) atoms. The van der Waals surface area contributed by atoms with E-state index in [2.05, 4.69) is 20.9 Å². The second-order valence-corrected chi connectivity index (χ2v) is 9.75. The highest BCUT2D eigenvalue weighted by molar-refractivity contribution is 6.11. The second kappa shape index (κ2) is 11.5. The van der Waals surface area contributed by atoms with Crippen molar-refractivity contribution in [2.45, 2.75) is 25.6 Å². The second-order valence-electron chi connectivity index (χ2n) is 9.75. The lowest BCUT2D eigenvalue weighted by molar-refractivity contribution is -0.146. The van der Waals surface area contributed by atoms with Crippen molar-refractivity contribution < 1.29 is 41.1 Å². The summed E-state index contributed by atoms with van der Waals surface area (Å²) in [5, 5.41) is 7.50. The summed E-state index contributed by atoms with van der Waals surface area (Å²) in [5.74, 6) is -2.61. The predicted octanol–water partition coefficient (Wildman–Crippen LogP) is 5.32. The minimum Gasteiger partial charge on any atom is -0.467 e. The Bertz CT molecular complexity index is 1660. The number of hydrogen-bond donors (Lipinski definition) is 3. The van der Waals surface area contributed by atoms with Crippen LogP contribution >= 0.6 is 0 Å². The number of carbonyl (C=O) groups is 3. The molecule has 0 aliphatic heterocycles. The van der Waals surface area contributed by atoms with Gasteiger partial charge in [0.05, 0.1) is 18.1 Å². The molecule has 0 spiro atoms. The van der Waals surface area contributed by atoms with Crippen LogP contribution in [0.15, 0.2) is 59.0 Å². The zero-order chi connectivity index (χ0) is 30.8. The SMILES string of the molecule is CNC(=O)c1c(-c2ccc(F)cc2)oc2nc(NCC(F)(F)F)c(-c3cccc(C(=O)NC(C)(C)C(=O)OC)c3)cc12. The zero-order valence-electron chi connectivity index (χ0n) is 22.9. The standard InChI is InChI=1S/C29H26F4N4O5/c1-28(2,27(40)41-4)37-24(38)17-7-5-6-16(12-17)19-13-20-21(25(39)34-3)22(15-8-10-18(30)11-9-15)42-26(20)36-23(19)35-14-29(31,32)33/h5-13H,14H2,1-4H3,(H,34,39)(H,35,36)(H,37,38). The van der Waals surface area contributed by atoms with Crippen LogP contribution in [0.1, 0.15) is 34.6 Å². The molecule has 0 atom stereocenters. The number of aromatic nitrogens is 1. The Kier molecular flexibility index (Phi) is 8.23. The van der Waals surface area contributed by atoms with Gasteiger partial charge >= 0.3 is 12.1 Å². The van der Waals surface area contributed by atoms with Crippen LogP contribution in [0, 0.1) is 5.82 Å². The Balaban J connectivity index is 1.89. The molecular weight excluding hydrogens is 560 g/mol. The lowest BCUT2D eigenvalue weighted by Gasteiger charge is -2.23. The number of halogens is 4. The van der Waals surface area contributed by atoms with E-state index in [0.29, 0.717) is 5.56 Å². The topological polar surface area (TPSA) is 123 Å². The normalized spacial score (nSPS) is 11.7. The molecule has 2 heterocycles. The molecule has 220 valence electrons. The van der Waals surface area contributed by atoms with Gasteiger partial charge in [-0.05, 0) is 61.9 Å². The van der Waals surface area contributed by atoms with Crippen molar-refractivity contribution in [3.63, 3.8) is 0 Å². The van der Waals surface area contributed by atoms with Gasteiger partial charge < -0.3 is 25.1 Å². The summed E-state index contributed by atoms with van der Waals surface area (Å²) in [4.78, 5) is 42.3. The molecule has 0 fully saturated rings. The molecule has 4 rings (SSSR count). The average molecular weight is 587 g/mol. The molecular formula is C29H26F4N4O5. The van der Waals surface area contributed by atoms with Gasteiger partial charge in [0.1, 0.15) is 29.5 Å². The van der Waals surface area contributed by atoms with Crippen LogP contribution in [0.5, 0.6) is 0 Å². The third kappa shape index (κ3) is 6.35. The first-order chi connectivity index (χ1) is 19.7. The largest absolute Gasteiger partial charge is 0.467 e. The Morgan fingerprint density at radius 3 is 2.29 bits per heavy atom. The number of rotatable bonds is 8. The van der Waals surface area contributed by atoms with Gasteiger partial charge in [-0.2, -0.15) is 18.2 Å². The number of amides is 2. The van der Waals surface area contributed by atoms with E-state index in [1.54, 1.807) is 6.07 Å². The van der Waals surface area contributed by atoms with E-state index in [0.717, 1.165) is 0 Å². The Morgan fingerprint density at radius 1 is 0.976 bits per heavy atom. The monoisotopic (exact) mass is 586 g/mol. The molecule has 2 amide bonds. The van der Waals surface area contributed by atoms with Crippen molar-refractivity contribution in [2.75, 3.05) is 26.0 Å². The highest BCUT2D eigenvalue weighted by Gasteiger charge is 2.32. The van der Waals surface area contributed by atoms with Crippen molar-refractivity contribution in [3.8, 4) is 22.5 Å². The number of hydrogen-bond acceptors (Lipinski definition) is 7. The fourth-order valence-corrected chi connectivity index (χ4v) is 4.21. The molecule has 0 unspecified atom stereocenters. The van der Waals surface area contributed by atoms with Gasteiger partial charge in [0.15, 0.2) is 0 Å². The number of ether oxygens (including phenoxy) is 1. The van der Waals surface area contributed by atoms with Crippen molar-refractivity contribution in [3.05, 3.63) is 71.5 Å². The molecule has 0 aliphatic carbocycles. The van der Waals surface area contributed by atoms with Crippen LogP contribution in [0.4, 0.5) is 23.4 Å². The summed E-state index contributed by atoms with van der Waals surface area (Å²) in [6.45, 7) is 1.48. The van der Waals surface area contributed by atoms with E-state index in [-0.39, 0.29) is 44.9 Å². The maximum Gasteiger partial charge on any atom is 0.405 e. The van der Waals surface area contributed by atoms with Crippen LogP contribution in [0.25, 0.3) is 33.6 Å². The summed E-state index contributed by atoms with van der Waals surface area (Å²) in [7, 11) is 2.57. The first kappa shape index (κ1) is 30.0. The quantitative estimate of drug-likeness (QED) is 0.189. The maximum absolute atomic E-state index is 13.6. The highest BCUT2D eigenvalue weighted by atomic mass is 19.4. The van der Waals surface area contributed by atoms with E-state index in [9.17, 15) is 31.9 Å². The third-order valence-electron chi connectivity index (χ3n) is 6.26. The Morgan fingerprint density at radius 2 is 1.67 bits per heavy atom. The number of pyridine rings is 1. The Hall–Kier alpha value is -4.94. The molecule has 0 bridgehead atoms. The van der Waals surface area contributed by atoms with Gasteiger partial charge in [0.25, 0.3) is 11.8 Å². The number of methoxy groups -OCH3 is 1.